The molecule has 3 saturated heterocycles. The second kappa shape index (κ2) is 7.52. The van der Waals surface area contributed by atoms with E-state index in [1.54, 1.807) is 39.0 Å². The second-order valence-corrected chi connectivity index (χ2v) is 10.8. The summed E-state index contributed by atoms with van der Waals surface area (Å²) >= 11 is 0. The number of carbonyl (C=O) groups excluding carboxylic acids is 5. The molecule has 1 amide bonds. The minimum Gasteiger partial charge on any atom is -0.468 e. The summed E-state index contributed by atoms with van der Waals surface area (Å²) in [7, 11) is 1.13. The standard InChI is InChI=1S/C25H27NO10/c1-22(2,3)24(32)10-14-23(11-15(27)34-14)21(31)36-20-25(23,24)17(18(29)26(20)12-16(28)33-4)35-19(30)13-8-6-5-7-9-13/h5-9,14,17,20,32H,10-12H2,1-4H3/t14-,17-,20-,23-,24+,25?/m0/s1. The van der Waals surface area contributed by atoms with E-state index < -0.39 is 83.0 Å². The molecule has 0 aromatic heterocycles. The van der Waals surface area contributed by atoms with Crippen LogP contribution in [-0.2, 0) is 38.1 Å². The van der Waals surface area contributed by atoms with Gasteiger partial charge in [0.25, 0.3) is 5.91 Å². The first-order chi connectivity index (χ1) is 16.8. The minimum atomic E-state index is -1.94. The Bertz CT molecular complexity index is 1180. The monoisotopic (exact) mass is 501 g/mol. The number of hydrogen-bond donors (Lipinski definition) is 1. The highest BCUT2D eigenvalue weighted by Gasteiger charge is 2.93. The smallest absolute Gasteiger partial charge is 0.338 e. The van der Waals surface area contributed by atoms with Gasteiger partial charge in [-0.2, -0.15) is 0 Å². The molecule has 1 N–H and O–H groups in total. The van der Waals surface area contributed by atoms with Gasteiger partial charge in [-0.25, -0.2) is 4.79 Å². The van der Waals surface area contributed by atoms with E-state index in [4.69, 9.17) is 18.9 Å². The van der Waals surface area contributed by atoms with Crippen molar-refractivity contribution in [1.82, 2.24) is 4.90 Å². The van der Waals surface area contributed by atoms with Crippen LogP contribution in [0.2, 0.25) is 0 Å². The summed E-state index contributed by atoms with van der Waals surface area (Å²) < 4.78 is 21.7. The zero-order valence-corrected chi connectivity index (χ0v) is 20.3. The lowest BCUT2D eigenvalue weighted by Gasteiger charge is -2.51. The van der Waals surface area contributed by atoms with Gasteiger partial charge in [-0.05, 0) is 17.5 Å². The largest absolute Gasteiger partial charge is 0.468 e. The first kappa shape index (κ1) is 24.2. The van der Waals surface area contributed by atoms with E-state index in [0.717, 1.165) is 12.0 Å². The SMILES string of the molecule is COC(=O)CN1C(=O)[C@H](OC(=O)c2ccccc2)C23[C@@H]1OC(=O)[C@@]21CC(=O)O[C@H]1C[C@@]3(O)C(C)(C)C. The summed E-state index contributed by atoms with van der Waals surface area (Å²) in [6, 6.07) is 7.91. The fourth-order valence-electron chi connectivity index (χ4n) is 6.71. The molecule has 11 heteroatoms. The molecule has 11 nitrogen and oxygen atoms in total. The molecule has 5 rings (SSSR count). The quantitative estimate of drug-likeness (QED) is 0.459. The van der Waals surface area contributed by atoms with Crippen LogP contribution >= 0.6 is 0 Å². The van der Waals surface area contributed by atoms with Crippen LogP contribution < -0.4 is 0 Å². The molecule has 6 atom stereocenters. The second-order valence-electron chi connectivity index (χ2n) is 10.8. The number of amides is 1. The molecule has 192 valence electrons. The number of methoxy groups -OCH3 is 1. The molecular weight excluding hydrogens is 474 g/mol. The van der Waals surface area contributed by atoms with Crippen molar-refractivity contribution < 1.29 is 48.0 Å². The first-order valence-corrected chi connectivity index (χ1v) is 11.6. The predicted molar refractivity (Wildman–Crippen MR) is 118 cm³/mol. The van der Waals surface area contributed by atoms with Crippen molar-refractivity contribution in [2.45, 2.75) is 57.6 Å². The van der Waals surface area contributed by atoms with Crippen molar-refractivity contribution in [3.05, 3.63) is 35.9 Å². The maximum Gasteiger partial charge on any atom is 0.338 e. The van der Waals surface area contributed by atoms with Crippen molar-refractivity contribution in [2.75, 3.05) is 13.7 Å². The molecule has 1 aromatic rings. The van der Waals surface area contributed by atoms with E-state index in [1.807, 2.05) is 0 Å². The zero-order valence-electron chi connectivity index (χ0n) is 20.3. The fourth-order valence-corrected chi connectivity index (χ4v) is 6.71. The summed E-state index contributed by atoms with van der Waals surface area (Å²) in [4.78, 5) is 66.4. The minimum absolute atomic E-state index is 0.136. The Hall–Kier alpha value is -3.47. The van der Waals surface area contributed by atoms with Gasteiger partial charge in [0.2, 0.25) is 0 Å². The third kappa shape index (κ3) is 2.69. The van der Waals surface area contributed by atoms with Crippen molar-refractivity contribution >= 4 is 29.8 Å². The van der Waals surface area contributed by atoms with Crippen LogP contribution in [0.4, 0.5) is 0 Å². The Labute approximate surface area is 206 Å². The number of aliphatic hydroxyl groups is 1. The number of nitrogens with zero attached hydrogens (tertiary/aromatic N) is 1. The highest BCUT2D eigenvalue weighted by molar-refractivity contribution is 6.00. The number of likely N-dealkylation sites (tertiary alicyclic amines) is 1. The van der Waals surface area contributed by atoms with Crippen LogP contribution in [-0.4, -0.2) is 77.5 Å². The van der Waals surface area contributed by atoms with Gasteiger partial charge >= 0.3 is 23.9 Å². The molecule has 3 heterocycles. The van der Waals surface area contributed by atoms with Crippen molar-refractivity contribution in [3.63, 3.8) is 0 Å². The molecule has 0 radical (unpaired) electrons. The van der Waals surface area contributed by atoms with Gasteiger partial charge in [-0.1, -0.05) is 39.0 Å². The van der Waals surface area contributed by atoms with Gasteiger partial charge in [-0.3, -0.25) is 24.1 Å². The number of benzene rings is 1. The van der Waals surface area contributed by atoms with E-state index in [9.17, 15) is 29.1 Å². The third-order valence-corrected chi connectivity index (χ3v) is 8.33. The zero-order chi connectivity index (χ0) is 26.3. The number of ether oxygens (including phenoxy) is 4. The van der Waals surface area contributed by atoms with Gasteiger partial charge in [-0.15, -0.1) is 0 Å². The van der Waals surface area contributed by atoms with Crippen LogP contribution in [0.5, 0.6) is 0 Å². The summed E-state index contributed by atoms with van der Waals surface area (Å²) in [5, 5.41) is 12.4. The first-order valence-electron chi connectivity index (χ1n) is 11.6. The summed E-state index contributed by atoms with van der Waals surface area (Å²) in [5.41, 5.74) is -6.52. The van der Waals surface area contributed by atoms with Gasteiger partial charge < -0.3 is 24.1 Å². The fraction of sp³-hybridized carbons (Fsp3) is 0.560. The molecular formula is C25H27NO10. The maximum absolute atomic E-state index is 13.9. The van der Waals surface area contributed by atoms with Crippen molar-refractivity contribution in [3.8, 4) is 0 Å². The van der Waals surface area contributed by atoms with Crippen LogP contribution in [0, 0.1) is 16.2 Å². The Morgan fingerprint density at radius 3 is 2.42 bits per heavy atom. The van der Waals surface area contributed by atoms with Crippen LogP contribution in [0.3, 0.4) is 0 Å². The highest BCUT2D eigenvalue weighted by Crippen LogP contribution is 2.76. The van der Waals surface area contributed by atoms with Gasteiger partial charge in [0.1, 0.15) is 23.5 Å². The lowest BCUT2D eigenvalue weighted by atomic mass is 9.52. The normalized spacial score (nSPS) is 36.6. The average molecular weight is 501 g/mol. The molecule has 0 bridgehead atoms. The summed E-state index contributed by atoms with van der Waals surface area (Å²) in [5.74, 6) is -4.07. The van der Waals surface area contributed by atoms with Crippen molar-refractivity contribution in [2.24, 2.45) is 16.2 Å². The number of hydrogen-bond acceptors (Lipinski definition) is 10. The Kier molecular flexibility index (Phi) is 5.06. The van der Waals surface area contributed by atoms with E-state index in [1.165, 1.54) is 12.1 Å². The number of carbonyl (C=O) groups is 5. The van der Waals surface area contributed by atoms with Gasteiger partial charge in [0, 0.05) is 6.42 Å². The van der Waals surface area contributed by atoms with E-state index >= 15 is 0 Å². The molecule has 3 aliphatic heterocycles. The molecule has 1 saturated carbocycles. The van der Waals surface area contributed by atoms with Crippen LogP contribution in [0.25, 0.3) is 0 Å². The number of rotatable bonds is 4. The van der Waals surface area contributed by atoms with Crippen molar-refractivity contribution in [1.29, 1.82) is 0 Å². The predicted octanol–water partition coefficient (Wildman–Crippen LogP) is 0.579. The van der Waals surface area contributed by atoms with Gasteiger partial charge in [0.15, 0.2) is 12.3 Å². The molecule has 4 aliphatic rings. The highest BCUT2D eigenvalue weighted by atomic mass is 16.6. The van der Waals surface area contributed by atoms with Crippen LogP contribution in [0.1, 0.15) is 44.0 Å². The van der Waals surface area contributed by atoms with Crippen LogP contribution in [0.15, 0.2) is 30.3 Å². The number of esters is 4. The molecule has 1 unspecified atom stereocenters. The molecule has 2 spiro atoms. The topological polar surface area (TPSA) is 146 Å². The maximum atomic E-state index is 13.9. The van der Waals surface area contributed by atoms with E-state index in [2.05, 4.69) is 0 Å². The lowest BCUT2D eigenvalue weighted by molar-refractivity contribution is -0.212. The summed E-state index contributed by atoms with van der Waals surface area (Å²) in [6.45, 7) is 4.51. The molecule has 4 fully saturated rings. The molecule has 1 aromatic carbocycles. The van der Waals surface area contributed by atoms with E-state index in [-0.39, 0.29) is 12.0 Å². The summed E-state index contributed by atoms with van der Waals surface area (Å²) in [6.07, 6.45) is -5.03. The Morgan fingerprint density at radius 1 is 1.14 bits per heavy atom. The Balaban J connectivity index is 1.75. The van der Waals surface area contributed by atoms with E-state index in [0.29, 0.717) is 0 Å². The lowest BCUT2D eigenvalue weighted by Crippen LogP contribution is -2.66. The molecule has 1 aliphatic carbocycles. The average Bonchev–Trinajstić information content (AvgIpc) is 3.43. The van der Waals surface area contributed by atoms with Gasteiger partial charge in [0.05, 0.1) is 24.7 Å². The molecule has 36 heavy (non-hydrogen) atoms. The third-order valence-electron chi connectivity index (χ3n) is 8.33. The Morgan fingerprint density at radius 2 is 1.81 bits per heavy atom.